The van der Waals surface area contributed by atoms with Crippen LogP contribution in [0.25, 0.3) is 22.6 Å². The molecule has 0 atom stereocenters. The van der Waals surface area contributed by atoms with Crippen LogP contribution < -0.4 is 10.1 Å². The van der Waals surface area contributed by atoms with Crippen molar-refractivity contribution in [3.05, 3.63) is 60.6 Å². The van der Waals surface area contributed by atoms with E-state index in [1.807, 2.05) is 0 Å². The lowest BCUT2D eigenvalue weighted by Crippen LogP contribution is -2.38. The third kappa shape index (κ3) is 6.48. The lowest BCUT2D eigenvalue weighted by atomic mass is 10.1. The fraction of sp³-hybridized carbons (Fsp3) is 0.238. The normalized spacial score (nSPS) is 11.8. The minimum atomic E-state index is -4.80. The quantitative estimate of drug-likeness (QED) is 0.618. The number of hydrogen-bond acceptors (Lipinski definition) is 6. The van der Waals surface area contributed by atoms with E-state index < -0.39 is 17.9 Å². The molecular weight excluding hydrogens is 413 g/mol. The van der Waals surface area contributed by atoms with E-state index in [1.165, 1.54) is 24.4 Å². The SMILES string of the molecule is CC(C)(O)CNC(=O)c1cc(-c2ccc(OC(F)(F)F)cc2)nc(-c2cccnc2)n1. The molecule has 1 amide bonds. The molecular formula is C21H19F3N4O3. The second-order valence-electron chi connectivity index (χ2n) is 7.27. The topological polar surface area (TPSA) is 97.2 Å². The fourth-order valence-corrected chi connectivity index (χ4v) is 2.55. The Morgan fingerprint density at radius 3 is 2.39 bits per heavy atom. The summed E-state index contributed by atoms with van der Waals surface area (Å²) in [6.45, 7) is 3.09. The Hall–Kier alpha value is -3.53. The van der Waals surface area contributed by atoms with E-state index in [4.69, 9.17) is 0 Å². The lowest BCUT2D eigenvalue weighted by Gasteiger charge is -2.17. The van der Waals surface area contributed by atoms with Gasteiger partial charge in [-0.3, -0.25) is 9.78 Å². The van der Waals surface area contributed by atoms with Crippen molar-refractivity contribution < 1.29 is 27.8 Å². The van der Waals surface area contributed by atoms with Gasteiger partial charge in [0.2, 0.25) is 0 Å². The van der Waals surface area contributed by atoms with E-state index in [0.717, 1.165) is 12.1 Å². The minimum absolute atomic E-state index is 0.00310. The van der Waals surface area contributed by atoms with Gasteiger partial charge in [0, 0.05) is 30.1 Å². The fourth-order valence-electron chi connectivity index (χ4n) is 2.55. The first kappa shape index (κ1) is 22.2. The number of benzene rings is 1. The van der Waals surface area contributed by atoms with Crippen LogP contribution in [-0.2, 0) is 0 Å². The molecule has 0 radical (unpaired) electrons. The summed E-state index contributed by atoms with van der Waals surface area (Å²) in [5.41, 5.74) is 0.243. The standard InChI is InChI=1S/C21H19F3N4O3/c1-20(2,30)12-26-19(29)17-10-16(27-18(28-17)14-4-3-9-25-11-14)13-5-7-15(8-6-13)31-21(22,23)24/h3-11,30H,12H2,1-2H3,(H,26,29). The molecule has 7 nitrogen and oxygen atoms in total. The van der Waals surface area contributed by atoms with Crippen LogP contribution in [0.3, 0.4) is 0 Å². The van der Waals surface area contributed by atoms with Crippen LogP contribution in [-0.4, -0.2) is 44.5 Å². The molecule has 3 rings (SSSR count). The van der Waals surface area contributed by atoms with Crippen LogP contribution in [0.15, 0.2) is 54.9 Å². The van der Waals surface area contributed by atoms with Gasteiger partial charge >= 0.3 is 6.36 Å². The van der Waals surface area contributed by atoms with Crippen molar-refractivity contribution in [2.45, 2.75) is 25.8 Å². The highest BCUT2D eigenvalue weighted by molar-refractivity contribution is 5.93. The van der Waals surface area contributed by atoms with Crippen LogP contribution in [0.5, 0.6) is 5.75 Å². The summed E-state index contributed by atoms with van der Waals surface area (Å²) in [4.78, 5) is 25.3. The second-order valence-corrected chi connectivity index (χ2v) is 7.27. The zero-order valence-electron chi connectivity index (χ0n) is 16.6. The van der Waals surface area contributed by atoms with Gasteiger partial charge in [0.25, 0.3) is 5.91 Å². The third-order valence-electron chi connectivity index (χ3n) is 3.94. The largest absolute Gasteiger partial charge is 0.573 e. The predicted molar refractivity (Wildman–Crippen MR) is 106 cm³/mol. The van der Waals surface area contributed by atoms with Gasteiger partial charge in [-0.15, -0.1) is 13.2 Å². The molecule has 0 fully saturated rings. The van der Waals surface area contributed by atoms with Gasteiger partial charge in [-0.1, -0.05) is 0 Å². The molecule has 31 heavy (non-hydrogen) atoms. The van der Waals surface area contributed by atoms with E-state index in [1.54, 1.807) is 32.2 Å². The zero-order chi connectivity index (χ0) is 22.6. The maximum Gasteiger partial charge on any atom is 0.573 e. The molecule has 2 aromatic heterocycles. The summed E-state index contributed by atoms with van der Waals surface area (Å²) in [7, 11) is 0. The molecule has 0 saturated heterocycles. The number of pyridine rings is 1. The van der Waals surface area contributed by atoms with Gasteiger partial charge in [0.05, 0.1) is 11.3 Å². The lowest BCUT2D eigenvalue weighted by molar-refractivity contribution is -0.274. The molecule has 0 bridgehead atoms. The van der Waals surface area contributed by atoms with Crippen molar-refractivity contribution in [1.29, 1.82) is 0 Å². The Morgan fingerprint density at radius 1 is 1.10 bits per heavy atom. The van der Waals surface area contributed by atoms with Crippen molar-refractivity contribution in [2.24, 2.45) is 0 Å². The molecule has 0 saturated carbocycles. The van der Waals surface area contributed by atoms with Gasteiger partial charge in [-0.2, -0.15) is 0 Å². The van der Waals surface area contributed by atoms with Gasteiger partial charge in [0.1, 0.15) is 11.4 Å². The molecule has 0 aliphatic heterocycles. The summed E-state index contributed by atoms with van der Waals surface area (Å²) in [5.74, 6) is -0.691. The molecule has 0 spiro atoms. The van der Waals surface area contributed by atoms with E-state index in [9.17, 15) is 23.1 Å². The minimum Gasteiger partial charge on any atom is -0.406 e. The van der Waals surface area contributed by atoms with E-state index in [0.29, 0.717) is 16.8 Å². The highest BCUT2D eigenvalue weighted by Gasteiger charge is 2.31. The Labute approximate surface area is 176 Å². The first-order chi connectivity index (χ1) is 14.5. The number of aromatic nitrogens is 3. The molecule has 3 aromatic rings. The molecule has 0 aliphatic carbocycles. The number of nitrogens with zero attached hydrogens (tertiary/aromatic N) is 3. The number of carbonyl (C=O) groups is 1. The van der Waals surface area contributed by atoms with Gasteiger partial charge < -0.3 is 15.2 Å². The van der Waals surface area contributed by atoms with Gasteiger partial charge in [-0.25, -0.2) is 9.97 Å². The van der Waals surface area contributed by atoms with Crippen LogP contribution in [0.1, 0.15) is 24.3 Å². The molecule has 162 valence electrons. The second kappa shape index (κ2) is 8.68. The molecule has 10 heteroatoms. The van der Waals surface area contributed by atoms with Crippen LogP contribution >= 0.6 is 0 Å². The van der Waals surface area contributed by atoms with Gasteiger partial charge in [-0.05, 0) is 56.3 Å². The van der Waals surface area contributed by atoms with Crippen LogP contribution in [0.4, 0.5) is 13.2 Å². The van der Waals surface area contributed by atoms with Gasteiger partial charge in [0.15, 0.2) is 5.82 Å². The van der Waals surface area contributed by atoms with Crippen molar-refractivity contribution in [2.75, 3.05) is 6.54 Å². The van der Waals surface area contributed by atoms with E-state index in [-0.39, 0.29) is 23.8 Å². The average Bonchev–Trinajstić information content (AvgIpc) is 2.71. The number of ether oxygens (including phenoxy) is 1. The molecule has 2 N–H and O–H groups in total. The monoisotopic (exact) mass is 432 g/mol. The summed E-state index contributed by atoms with van der Waals surface area (Å²) >= 11 is 0. The van der Waals surface area contributed by atoms with Crippen LogP contribution in [0.2, 0.25) is 0 Å². The van der Waals surface area contributed by atoms with Crippen molar-refractivity contribution in [1.82, 2.24) is 20.3 Å². The summed E-state index contributed by atoms with van der Waals surface area (Å²) in [6, 6.07) is 9.92. The molecule has 0 unspecified atom stereocenters. The number of aliphatic hydroxyl groups is 1. The number of alkyl halides is 3. The summed E-state index contributed by atoms with van der Waals surface area (Å²) < 4.78 is 41.1. The van der Waals surface area contributed by atoms with E-state index in [2.05, 4.69) is 25.0 Å². The van der Waals surface area contributed by atoms with E-state index >= 15 is 0 Å². The number of rotatable bonds is 6. The number of carbonyl (C=O) groups excluding carboxylic acids is 1. The van der Waals surface area contributed by atoms with Crippen LogP contribution in [0, 0.1) is 0 Å². The Kier molecular flexibility index (Phi) is 6.21. The Morgan fingerprint density at radius 2 is 1.81 bits per heavy atom. The first-order valence-corrected chi connectivity index (χ1v) is 9.16. The number of nitrogens with one attached hydrogen (secondary N) is 1. The summed E-state index contributed by atoms with van der Waals surface area (Å²) in [5, 5.41) is 12.4. The molecule has 1 aromatic carbocycles. The maximum absolute atomic E-state index is 12.6. The van der Waals surface area contributed by atoms with Crippen molar-refractivity contribution >= 4 is 5.91 Å². The first-order valence-electron chi connectivity index (χ1n) is 9.16. The predicted octanol–water partition coefficient (Wildman–Crippen LogP) is 3.60. The third-order valence-corrected chi connectivity index (χ3v) is 3.94. The Balaban J connectivity index is 1.98. The average molecular weight is 432 g/mol. The highest BCUT2D eigenvalue weighted by atomic mass is 19.4. The number of amides is 1. The maximum atomic E-state index is 12.6. The Bertz CT molecular complexity index is 1050. The highest BCUT2D eigenvalue weighted by Crippen LogP contribution is 2.27. The smallest absolute Gasteiger partial charge is 0.406 e. The number of hydrogen-bond donors (Lipinski definition) is 2. The molecule has 0 aliphatic rings. The summed E-state index contributed by atoms with van der Waals surface area (Å²) in [6.07, 6.45) is -1.70. The number of halogens is 3. The molecule has 2 heterocycles. The zero-order valence-corrected chi connectivity index (χ0v) is 16.6. The van der Waals surface area contributed by atoms with Crippen molar-refractivity contribution in [3.63, 3.8) is 0 Å². The van der Waals surface area contributed by atoms with Crippen molar-refractivity contribution in [3.8, 4) is 28.4 Å².